The molecule has 5 heteroatoms. The summed E-state index contributed by atoms with van der Waals surface area (Å²) in [5, 5.41) is 3.02. The predicted octanol–water partition coefficient (Wildman–Crippen LogP) is 4.58. The van der Waals surface area contributed by atoms with Gasteiger partial charge < -0.3 is 14.6 Å². The van der Waals surface area contributed by atoms with Crippen LogP contribution in [0.2, 0.25) is 0 Å². The Bertz CT molecular complexity index is 1150. The number of rotatable bonds is 10. The molecule has 0 radical (unpaired) electrons. The second kappa shape index (κ2) is 10.6. The molecule has 1 heterocycles. The van der Waals surface area contributed by atoms with Crippen LogP contribution in [0.25, 0.3) is 11.0 Å². The summed E-state index contributed by atoms with van der Waals surface area (Å²) in [5.41, 5.74) is 4.37. The fourth-order valence-electron chi connectivity index (χ4n) is 3.80. The van der Waals surface area contributed by atoms with Crippen LogP contribution in [0.15, 0.2) is 78.9 Å². The maximum Gasteiger partial charge on any atom is 0.224 e. The number of fused-ring (bicyclic) bond motifs is 1. The summed E-state index contributed by atoms with van der Waals surface area (Å²) in [6, 6.07) is 26.2. The molecule has 4 rings (SSSR count). The van der Waals surface area contributed by atoms with E-state index in [9.17, 15) is 4.79 Å². The van der Waals surface area contributed by atoms with Crippen LogP contribution in [0.5, 0.6) is 5.75 Å². The molecule has 0 spiro atoms. The summed E-state index contributed by atoms with van der Waals surface area (Å²) in [6.07, 6.45) is 2.08. The number of aryl methyl sites for hydroxylation is 1. The number of ether oxygens (including phenoxy) is 1. The Hall–Kier alpha value is -3.60. The number of imidazole rings is 1. The molecule has 0 aliphatic carbocycles. The van der Waals surface area contributed by atoms with Crippen molar-refractivity contribution in [1.29, 1.82) is 0 Å². The quantitative estimate of drug-likeness (QED) is 0.403. The van der Waals surface area contributed by atoms with Crippen molar-refractivity contribution < 1.29 is 9.53 Å². The normalized spacial score (nSPS) is 10.9. The third-order valence-electron chi connectivity index (χ3n) is 5.53. The molecule has 0 aliphatic heterocycles. The van der Waals surface area contributed by atoms with Crippen molar-refractivity contribution in [3.63, 3.8) is 0 Å². The molecule has 164 valence electrons. The molecule has 0 saturated heterocycles. The Morgan fingerprint density at radius 1 is 0.938 bits per heavy atom. The smallest absolute Gasteiger partial charge is 0.224 e. The Morgan fingerprint density at radius 3 is 2.47 bits per heavy atom. The second-order valence-electron chi connectivity index (χ2n) is 7.78. The van der Waals surface area contributed by atoms with Crippen molar-refractivity contribution in [2.75, 3.05) is 13.2 Å². The number of nitrogens with one attached hydrogen (secondary N) is 1. The molecule has 0 saturated carbocycles. The van der Waals surface area contributed by atoms with Crippen molar-refractivity contribution in [2.24, 2.45) is 0 Å². The first-order valence-electron chi connectivity index (χ1n) is 11.2. The first-order valence-corrected chi connectivity index (χ1v) is 11.2. The van der Waals surface area contributed by atoms with E-state index in [2.05, 4.69) is 35.0 Å². The van der Waals surface area contributed by atoms with E-state index >= 15 is 0 Å². The van der Waals surface area contributed by atoms with Crippen LogP contribution in [-0.4, -0.2) is 28.6 Å². The van der Waals surface area contributed by atoms with E-state index in [1.165, 1.54) is 5.56 Å². The highest BCUT2D eigenvalue weighted by molar-refractivity contribution is 5.78. The first kappa shape index (κ1) is 21.6. The van der Waals surface area contributed by atoms with Gasteiger partial charge in [0.05, 0.1) is 24.0 Å². The molecule has 1 N–H and O–H groups in total. The van der Waals surface area contributed by atoms with Crippen LogP contribution < -0.4 is 10.1 Å². The lowest BCUT2D eigenvalue weighted by Gasteiger charge is -2.12. The van der Waals surface area contributed by atoms with Crippen molar-refractivity contribution in [1.82, 2.24) is 14.9 Å². The van der Waals surface area contributed by atoms with E-state index in [1.54, 1.807) is 0 Å². The van der Waals surface area contributed by atoms with Gasteiger partial charge in [0.15, 0.2) is 0 Å². The SMILES string of the molecule is CCc1ccc(OCCn2c(CCNC(=O)Cc3ccccc3)nc3ccccc32)cc1. The Labute approximate surface area is 189 Å². The van der Waals surface area contributed by atoms with Crippen molar-refractivity contribution in [3.05, 3.63) is 95.8 Å². The minimum absolute atomic E-state index is 0.0257. The van der Waals surface area contributed by atoms with Gasteiger partial charge in [0.25, 0.3) is 0 Å². The van der Waals surface area contributed by atoms with Crippen molar-refractivity contribution >= 4 is 16.9 Å². The summed E-state index contributed by atoms with van der Waals surface area (Å²) in [7, 11) is 0. The van der Waals surface area contributed by atoms with Crippen LogP contribution in [0.3, 0.4) is 0 Å². The van der Waals surface area contributed by atoms with E-state index < -0.39 is 0 Å². The Balaban J connectivity index is 1.36. The lowest BCUT2D eigenvalue weighted by atomic mass is 10.1. The first-order chi connectivity index (χ1) is 15.7. The van der Waals surface area contributed by atoms with E-state index in [1.807, 2.05) is 60.7 Å². The van der Waals surface area contributed by atoms with E-state index in [0.717, 1.165) is 34.6 Å². The standard InChI is InChI=1S/C27H29N3O2/c1-2-21-12-14-23(15-13-21)32-19-18-30-25-11-7-6-10-24(25)29-26(30)16-17-28-27(31)20-22-8-4-3-5-9-22/h3-15H,2,16-20H2,1H3,(H,28,31). The molecule has 5 nitrogen and oxygen atoms in total. The number of nitrogens with zero attached hydrogens (tertiary/aromatic N) is 2. The Kier molecular flexibility index (Phi) is 7.18. The minimum atomic E-state index is 0.0257. The zero-order valence-corrected chi connectivity index (χ0v) is 18.5. The number of carbonyl (C=O) groups excluding carboxylic acids is 1. The van der Waals surface area contributed by atoms with E-state index in [4.69, 9.17) is 9.72 Å². The van der Waals surface area contributed by atoms with Gasteiger partial charge in [0.1, 0.15) is 18.2 Å². The fraction of sp³-hybridized carbons (Fsp3) is 0.259. The van der Waals surface area contributed by atoms with Gasteiger partial charge in [-0.2, -0.15) is 0 Å². The van der Waals surface area contributed by atoms with Crippen LogP contribution in [0, 0.1) is 0 Å². The van der Waals surface area contributed by atoms with Gasteiger partial charge in [-0.1, -0.05) is 61.5 Å². The number of aromatic nitrogens is 2. The lowest BCUT2D eigenvalue weighted by Crippen LogP contribution is -2.28. The molecule has 3 aromatic carbocycles. The highest BCUT2D eigenvalue weighted by Gasteiger charge is 2.11. The van der Waals surface area contributed by atoms with Gasteiger partial charge in [-0.25, -0.2) is 4.98 Å². The average molecular weight is 428 g/mol. The van der Waals surface area contributed by atoms with Gasteiger partial charge in [-0.15, -0.1) is 0 Å². The highest BCUT2D eigenvalue weighted by atomic mass is 16.5. The molecule has 4 aromatic rings. The maximum absolute atomic E-state index is 12.3. The highest BCUT2D eigenvalue weighted by Crippen LogP contribution is 2.17. The van der Waals surface area contributed by atoms with Crippen LogP contribution in [0.1, 0.15) is 23.9 Å². The van der Waals surface area contributed by atoms with Gasteiger partial charge in [-0.05, 0) is 41.8 Å². The number of carbonyl (C=O) groups is 1. The molecule has 0 unspecified atom stereocenters. The summed E-state index contributed by atoms with van der Waals surface area (Å²) >= 11 is 0. The zero-order valence-electron chi connectivity index (χ0n) is 18.5. The van der Waals surface area contributed by atoms with Crippen LogP contribution in [-0.2, 0) is 30.6 Å². The zero-order chi connectivity index (χ0) is 22.2. The van der Waals surface area contributed by atoms with Crippen molar-refractivity contribution in [2.45, 2.75) is 32.7 Å². The topological polar surface area (TPSA) is 56.1 Å². The molecule has 32 heavy (non-hydrogen) atoms. The van der Waals surface area contributed by atoms with Gasteiger partial charge in [-0.3, -0.25) is 4.79 Å². The predicted molar refractivity (Wildman–Crippen MR) is 128 cm³/mol. The Morgan fingerprint density at radius 2 is 1.69 bits per heavy atom. The third-order valence-corrected chi connectivity index (χ3v) is 5.53. The van der Waals surface area contributed by atoms with Crippen molar-refractivity contribution in [3.8, 4) is 5.75 Å². The number of hydrogen-bond donors (Lipinski definition) is 1. The third kappa shape index (κ3) is 5.55. The summed E-state index contributed by atoms with van der Waals surface area (Å²) < 4.78 is 8.17. The molecule has 1 amide bonds. The summed E-state index contributed by atoms with van der Waals surface area (Å²) in [4.78, 5) is 17.1. The van der Waals surface area contributed by atoms with E-state index in [-0.39, 0.29) is 5.91 Å². The van der Waals surface area contributed by atoms with Gasteiger partial charge in [0.2, 0.25) is 5.91 Å². The molecule has 0 aliphatic rings. The van der Waals surface area contributed by atoms with Crippen LogP contribution >= 0.6 is 0 Å². The largest absolute Gasteiger partial charge is 0.492 e. The van der Waals surface area contributed by atoms with E-state index in [0.29, 0.717) is 32.5 Å². The number of benzene rings is 3. The summed E-state index contributed by atoms with van der Waals surface area (Å²) in [6.45, 7) is 3.95. The van der Waals surface area contributed by atoms with Gasteiger partial charge in [0, 0.05) is 13.0 Å². The average Bonchev–Trinajstić information content (AvgIpc) is 3.17. The monoisotopic (exact) mass is 427 g/mol. The number of amides is 1. The fourth-order valence-corrected chi connectivity index (χ4v) is 3.80. The number of hydrogen-bond acceptors (Lipinski definition) is 3. The minimum Gasteiger partial charge on any atom is -0.492 e. The second-order valence-corrected chi connectivity index (χ2v) is 7.78. The van der Waals surface area contributed by atoms with Gasteiger partial charge >= 0.3 is 0 Å². The number of para-hydroxylation sites is 2. The molecule has 1 aromatic heterocycles. The van der Waals surface area contributed by atoms with Crippen LogP contribution in [0.4, 0.5) is 0 Å². The maximum atomic E-state index is 12.3. The molecule has 0 atom stereocenters. The molecule has 0 bridgehead atoms. The lowest BCUT2D eigenvalue weighted by molar-refractivity contribution is -0.120. The molecular formula is C27H29N3O2. The molecular weight excluding hydrogens is 398 g/mol. The molecule has 0 fully saturated rings. The summed E-state index contributed by atoms with van der Waals surface area (Å²) in [5.74, 6) is 1.86.